The highest BCUT2D eigenvalue weighted by Gasteiger charge is 2.54. The molecule has 0 aliphatic rings. The molecule has 0 bridgehead atoms. The lowest BCUT2D eigenvalue weighted by atomic mass is 9.89. The predicted molar refractivity (Wildman–Crippen MR) is 81.5 cm³/mol. The zero-order chi connectivity index (χ0) is 17.2. The molecule has 128 valence electrons. The van der Waals surface area contributed by atoms with Crippen LogP contribution in [-0.4, -0.2) is 55.8 Å². The van der Waals surface area contributed by atoms with Crippen molar-refractivity contribution in [1.29, 1.82) is 0 Å². The number of carbonyl (C=O) groups is 3. The van der Waals surface area contributed by atoms with Crippen molar-refractivity contribution in [2.24, 2.45) is 5.92 Å². The molecule has 8 heteroatoms. The molecule has 0 spiro atoms. The van der Waals surface area contributed by atoms with E-state index >= 15 is 0 Å². The van der Waals surface area contributed by atoms with Crippen LogP contribution < -0.4 is 0 Å². The fourth-order valence-corrected chi connectivity index (χ4v) is 2.35. The molecular weight excluding hydrogens is 360 g/mol. The third-order valence-electron chi connectivity index (χ3n) is 2.79. The maximum atomic E-state index is 12.3. The molecule has 0 aromatic heterocycles. The summed E-state index contributed by atoms with van der Waals surface area (Å²) in [4.78, 5) is 36.3. The summed E-state index contributed by atoms with van der Waals surface area (Å²) >= 11 is 3.13. The first-order valence-electron chi connectivity index (χ1n) is 7.06. The zero-order valence-corrected chi connectivity index (χ0v) is 14.9. The normalized spacial score (nSPS) is 12.4. The van der Waals surface area contributed by atoms with Crippen molar-refractivity contribution in [2.75, 3.05) is 33.5 Å². The van der Waals surface area contributed by atoms with Gasteiger partial charge in [0, 0.05) is 13.0 Å². The van der Waals surface area contributed by atoms with Gasteiger partial charge in [-0.2, -0.15) is 0 Å². The van der Waals surface area contributed by atoms with E-state index in [0.717, 1.165) is 0 Å². The second-order valence-corrected chi connectivity index (χ2v) is 5.56. The lowest BCUT2D eigenvalue weighted by molar-refractivity contribution is -0.162. The van der Waals surface area contributed by atoms with Crippen LogP contribution in [0.4, 0.5) is 0 Å². The second kappa shape index (κ2) is 10.6. The summed E-state index contributed by atoms with van der Waals surface area (Å²) in [5.74, 6) is -3.00. The van der Waals surface area contributed by atoms with Gasteiger partial charge in [0.1, 0.15) is 0 Å². The molecule has 22 heavy (non-hydrogen) atoms. The molecule has 0 radical (unpaired) electrons. The van der Waals surface area contributed by atoms with E-state index in [1.54, 1.807) is 20.8 Å². The lowest BCUT2D eigenvalue weighted by Crippen LogP contribution is -2.51. The molecule has 0 fully saturated rings. The first-order chi connectivity index (χ1) is 10.4. The van der Waals surface area contributed by atoms with Crippen LogP contribution in [0.3, 0.4) is 0 Å². The van der Waals surface area contributed by atoms with E-state index in [-0.39, 0.29) is 32.8 Å². The minimum Gasteiger partial charge on any atom is -0.466 e. The van der Waals surface area contributed by atoms with Crippen LogP contribution in [0.2, 0.25) is 0 Å². The van der Waals surface area contributed by atoms with Gasteiger partial charge in [0.05, 0.1) is 32.8 Å². The van der Waals surface area contributed by atoms with E-state index in [2.05, 4.69) is 15.9 Å². The molecular formula is C14H23BrO7. The summed E-state index contributed by atoms with van der Waals surface area (Å²) in [6.07, 6.45) is -0.190. The van der Waals surface area contributed by atoms with E-state index < -0.39 is 28.2 Å². The number of carbonyl (C=O) groups excluding carboxylic acids is 3. The van der Waals surface area contributed by atoms with Crippen LogP contribution in [-0.2, 0) is 33.3 Å². The molecule has 0 aromatic rings. The van der Waals surface area contributed by atoms with Crippen LogP contribution in [0.5, 0.6) is 0 Å². The van der Waals surface area contributed by atoms with E-state index in [4.69, 9.17) is 18.9 Å². The molecule has 1 atom stereocenters. The lowest BCUT2D eigenvalue weighted by Gasteiger charge is -2.30. The number of esters is 3. The number of hydrogen-bond donors (Lipinski definition) is 0. The van der Waals surface area contributed by atoms with Gasteiger partial charge in [-0.25, -0.2) is 9.59 Å². The van der Waals surface area contributed by atoms with Crippen molar-refractivity contribution >= 4 is 33.8 Å². The minimum absolute atomic E-state index is 0.0261. The van der Waals surface area contributed by atoms with E-state index in [1.165, 1.54) is 7.11 Å². The molecule has 0 aliphatic carbocycles. The monoisotopic (exact) mass is 382 g/mol. The quantitative estimate of drug-likeness (QED) is 0.244. The first-order valence-corrected chi connectivity index (χ1v) is 7.85. The van der Waals surface area contributed by atoms with Crippen molar-refractivity contribution in [2.45, 2.75) is 31.5 Å². The standard InChI is InChI=1S/C14H23BrO7/c1-5-20-11(16)8-10(9-19-4)14(15,12(17)21-6-2)13(18)22-7-3/h10H,5-9H2,1-4H3. The fraction of sp³-hybridized carbons (Fsp3) is 0.786. The number of hydrogen-bond acceptors (Lipinski definition) is 7. The molecule has 7 nitrogen and oxygen atoms in total. The largest absolute Gasteiger partial charge is 0.466 e. The third-order valence-corrected chi connectivity index (χ3v) is 4.09. The molecule has 0 saturated carbocycles. The molecule has 0 aliphatic heterocycles. The second-order valence-electron chi connectivity index (χ2n) is 4.31. The van der Waals surface area contributed by atoms with Crippen molar-refractivity contribution < 1.29 is 33.3 Å². The van der Waals surface area contributed by atoms with E-state index in [1.807, 2.05) is 0 Å². The van der Waals surface area contributed by atoms with Gasteiger partial charge >= 0.3 is 17.9 Å². The maximum Gasteiger partial charge on any atom is 0.334 e. The molecule has 0 aromatic carbocycles. The van der Waals surface area contributed by atoms with Crippen molar-refractivity contribution in [3.63, 3.8) is 0 Å². The number of ether oxygens (including phenoxy) is 4. The Bertz CT molecular complexity index is 365. The van der Waals surface area contributed by atoms with Gasteiger partial charge < -0.3 is 18.9 Å². The molecule has 0 saturated heterocycles. The van der Waals surface area contributed by atoms with Gasteiger partial charge in [0.15, 0.2) is 0 Å². The Balaban J connectivity index is 5.48. The van der Waals surface area contributed by atoms with Gasteiger partial charge in [-0.3, -0.25) is 4.79 Å². The van der Waals surface area contributed by atoms with Crippen molar-refractivity contribution in [1.82, 2.24) is 0 Å². The van der Waals surface area contributed by atoms with Gasteiger partial charge in [-0.05, 0) is 20.8 Å². The highest BCUT2D eigenvalue weighted by atomic mass is 79.9. The van der Waals surface area contributed by atoms with Crippen LogP contribution in [0.25, 0.3) is 0 Å². The smallest absolute Gasteiger partial charge is 0.334 e. The Kier molecular flexibility index (Phi) is 10.0. The SMILES string of the molecule is CCOC(=O)CC(COC)C(Br)(C(=O)OCC)C(=O)OCC. The summed E-state index contributed by atoms with van der Waals surface area (Å²) < 4.78 is 18.0. The molecule has 0 heterocycles. The topological polar surface area (TPSA) is 88.1 Å². The fourth-order valence-electron chi connectivity index (χ4n) is 1.83. The summed E-state index contributed by atoms with van der Waals surface area (Å²) in [6, 6.07) is 0. The van der Waals surface area contributed by atoms with Crippen LogP contribution in [0.1, 0.15) is 27.2 Å². The van der Waals surface area contributed by atoms with Crippen molar-refractivity contribution in [3.05, 3.63) is 0 Å². The van der Waals surface area contributed by atoms with Crippen LogP contribution in [0.15, 0.2) is 0 Å². The number of rotatable bonds is 10. The Labute approximate surface area is 138 Å². The average molecular weight is 383 g/mol. The molecule has 0 amide bonds. The molecule has 0 rings (SSSR count). The first kappa shape index (κ1) is 20.9. The van der Waals surface area contributed by atoms with Crippen molar-refractivity contribution in [3.8, 4) is 0 Å². The summed E-state index contributed by atoms with van der Waals surface area (Å²) in [5, 5.41) is 0. The predicted octanol–water partition coefficient (Wildman–Crippen LogP) is 1.46. The summed E-state index contributed by atoms with van der Waals surface area (Å²) in [6.45, 7) is 5.26. The van der Waals surface area contributed by atoms with Gasteiger partial charge in [-0.1, -0.05) is 15.9 Å². The molecule has 0 N–H and O–H groups in total. The Hall–Kier alpha value is -1.15. The Morgan fingerprint density at radius 3 is 1.77 bits per heavy atom. The minimum atomic E-state index is -1.82. The molecule has 1 unspecified atom stereocenters. The Morgan fingerprint density at radius 1 is 0.955 bits per heavy atom. The maximum absolute atomic E-state index is 12.3. The van der Waals surface area contributed by atoms with Gasteiger partial charge in [0.25, 0.3) is 0 Å². The zero-order valence-electron chi connectivity index (χ0n) is 13.3. The summed E-state index contributed by atoms with van der Waals surface area (Å²) in [5.41, 5.74) is 0. The third kappa shape index (κ3) is 5.57. The number of alkyl halides is 1. The highest BCUT2D eigenvalue weighted by Crippen LogP contribution is 2.34. The van der Waals surface area contributed by atoms with Gasteiger partial charge in [-0.15, -0.1) is 0 Å². The average Bonchev–Trinajstić information content (AvgIpc) is 2.46. The van der Waals surface area contributed by atoms with E-state index in [9.17, 15) is 14.4 Å². The highest BCUT2D eigenvalue weighted by molar-refractivity contribution is 9.10. The number of methoxy groups -OCH3 is 1. The van der Waals surface area contributed by atoms with E-state index in [0.29, 0.717) is 0 Å². The Morgan fingerprint density at radius 2 is 1.41 bits per heavy atom. The van der Waals surface area contributed by atoms with Crippen LogP contribution >= 0.6 is 15.9 Å². The van der Waals surface area contributed by atoms with Gasteiger partial charge in [0.2, 0.25) is 4.32 Å². The summed E-state index contributed by atoms with van der Waals surface area (Å²) in [7, 11) is 1.40. The van der Waals surface area contributed by atoms with Crippen LogP contribution in [0, 0.1) is 5.92 Å². The number of halogens is 1.